The van der Waals surface area contributed by atoms with Gasteiger partial charge in [-0.1, -0.05) is 29.3 Å². The third kappa shape index (κ3) is 3.08. The van der Waals surface area contributed by atoms with E-state index in [1.54, 1.807) is 31.0 Å². The second kappa shape index (κ2) is 6.61. The number of ketones is 1. The molecule has 1 heterocycles. The minimum absolute atomic E-state index is 0.0590. The Hall–Kier alpha value is -1.78. The SMILES string of the molecule is Cc1c(C(=O)N(C)Cc2ccc(Cl)c(Cl)c2)oc2c1C(=O)CCC2. The summed E-state index contributed by atoms with van der Waals surface area (Å²) in [5.74, 6) is 0.692. The fraction of sp³-hybridized carbons (Fsp3) is 0.333. The molecule has 3 rings (SSSR count). The summed E-state index contributed by atoms with van der Waals surface area (Å²) in [6.07, 6.45) is 1.98. The first-order chi connectivity index (χ1) is 11.4. The van der Waals surface area contributed by atoms with Gasteiger partial charge >= 0.3 is 0 Å². The van der Waals surface area contributed by atoms with E-state index in [0.717, 1.165) is 12.0 Å². The Labute approximate surface area is 150 Å². The lowest BCUT2D eigenvalue weighted by atomic mass is 9.94. The molecule has 6 heteroatoms. The molecule has 0 fully saturated rings. The third-order valence-corrected chi connectivity index (χ3v) is 4.99. The molecule has 1 aliphatic rings. The first-order valence-corrected chi connectivity index (χ1v) is 8.49. The number of rotatable bonds is 3. The maximum Gasteiger partial charge on any atom is 0.289 e. The van der Waals surface area contributed by atoms with E-state index < -0.39 is 0 Å². The van der Waals surface area contributed by atoms with Gasteiger partial charge in [0.25, 0.3) is 5.91 Å². The normalized spacial score (nSPS) is 13.8. The minimum atomic E-state index is -0.249. The topological polar surface area (TPSA) is 50.5 Å². The number of aryl methyl sites for hydroxylation is 1. The van der Waals surface area contributed by atoms with Gasteiger partial charge in [0.05, 0.1) is 15.6 Å². The van der Waals surface area contributed by atoms with Crippen molar-refractivity contribution in [2.75, 3.05) is 7.05 Å². The second-order valence-electron chi connectivity index (χ2n) is 6.04. The molecule has 0 atom stereocenters. The van der Waals surface area contributed by atoms with Crippen LogP contribution in [0.1, 0.15) is 50.6 Å². The van der Waals surface area contributed by atoms with Crippen LogP contribution in [0.5, 0.6) is 0 Å². The first-order valence-electron chi connectivity index (χ1n) is 7.73. The maximum atomic E-state index is 12.7. The van der Waals surface area contributed by atoms with Crippen LogP contribution >= 0.6 is 23.2 Å². The molecule has 1 aromatic heterocycles. The Kier molecular flexibility index (Phi) is 4.70. The van der Waals surface area contributed by atoms with Gasteiger partial charge in [-0.2, -0.15) is 0 Å². The van der Waals surface area contributed by atoms with Crippen molar-refractivity contribution in [3.05, 3.63) is 56.5 Å². The highest BCUT2D eigenvalue weighted by Gasteiger charge is 2.30. The lowest BCUT2D eigenvalue weighted by Crippen LogP contribution is -2.26. The van der Waals surface area contributed by atoms with Gasteiger partial charge in [-0.3, -0.25) is 9.59 Å². The van der Waals surface area contributed by atoms with Crippen LogP contribution in [0.4, 0.5) is 0 Å². The van der Waals surface area contributed by atoms with E-state index in [9.17, 15) is 9.59 Å². The van der Waals surface area contributed by atoms with E-state index in [4.69, 9.17) is 27.6 Å². The van der Waals surface area contributed by atoms with E-state index in [2.05, 4.69) is 0 Å². The monoisotopic (exact) mass is 365 g/mol. The summed E-state index contributed by atoms with van der Waals surface area (Å²) in [4.78, 5) is 26.3. The Bertz CT molecular complexity index is 826. The zero-order valence-corrected chi connectivity index (χ0v) is 15.0. The number of nitrogens with zero attached hydrogens (tertiary/aromatic N) is 1. The van der Waals surface area contributed by atoms with Gasteiger partial charge in [0, 0.05) is 32.0 Å². The van der Waals surface area contributed by atoms with Crippen molar-refractivity contribution < 1.29 is 14.0 Å². The molecular weight excluding hydrogens is 349 g/mol. The Morgan fingerprint density at radius 2 is 2.00 bits per heavy atom. The largest absolute Gasteiger partial charge is 0.455 e. The van der Waals surface area contributed by atoms with E-state index in [1.807, 2.05) is 6.07 Å². The molecule has 24 heavy (non-hydrogen) atoms. The number of hydrogen-bond donors (Lipinski definition) is 0. The average molecular weight is 366 g/mol. The lowest BCUT2D eigenvalue weighted by Gasteiger charge is -2.16. The number of halogens is 2. The lowest BCUT2D eigenvalue weighted by molar-refractivity contribution is 0.0749. The Balaban J connectivity index is 1.83. The molecule has 0 saturated carbocycles. The predicted octanol–water partition coefficient (Wildman–Crippen LogP) is 4.69. The van der Waals surface area contributed by atoms with Crippen LogP contribution in [0.15, 0.2) is 22.6 Å². The summed E-state index contributed by atoms with van der Waals surface area (Å²) in [6.45, 7) is 2.14. The molecule has 1 aliphatic carbocycles. The van der Waals surface area contributed by atoms with Gasteiger partial charge in [0.15, 0.2) is 11.5 Å². The second-order valence-corrected chi connectivity index (χ2v) is 6.86. The summed E-state index contributed by atoms with van der Waals surface area (Å²) >= 11 is 11.9. The molecule has 0 saturated heterocycles. The molecule has 0 N–H and O–H groups in total. The minimum Gasteiger partial charge on any atom is -0.455 e. The fourth-order valence-electron chi connectivity index (χ4n) is 3.01. The number of furan rings is 1. The van der Waals surface area contributed by atoms with Crippen molar-refractivity contribution in [1.82, 2.24) is 4.90 Å². The molecule has 0 bridgehead atoms. The number of benzene rings is 1. The van der Waals surface area contributed by atoms with Crippen molar-refractivity contribution in [3.63, 3.8) is 0 Å². The summed E-state index contributed by atoms with van der Waals surface area (Å²) < 4.78 is 5.71. The number of hydrogen-bond acceptors (Lipinski definition) is 3. The van der Waals surface area contributed by atoms with Gasteiger partial charge in [0.1, 0.15) is 5.76 Å². The number of fused-ring (bicyclic) bond motifs is 1. The van der Waals surface area contributed by atoms with Gasteiger partial charge in [-0.15, -0.1) is 0 Å². The first kappa shape index (κ1) is 17.1. The maximum absolute atomic E-state index is 12.7. The molecule has 0 spiro atoms. The van der Waals surface area contributed by atoms with E-state index in [0.29, 0.717) is 46.3 Å². The van der Waals surface area contributed by atoms with Crippen LogP contribution < -0.4 is 0 Å². The number of Topliss-reactive ketones (excluding diaryl/α,β-unsaturated/α-hetero) is 1. The fourth-order valence-corrected chi connectivity index (χ4v) is 3.33. The Morgan fingerprint density at radius 1 is 1.25 bits per heavy atom. The summed E-state index contributed by atoms with van der Waals surface area (Å²) in [5.41, 5.74) is 2.10. The molecular formula is C18H17Cl2NO3. The van der Waals surface area contributed by atoms with Gasteiger partial charge in [-0.25, -0.2) is 0 Å². The van der Waals surface area contributed by atoms with E-state index >= 15 is 0 Å². The van der Waals surface area contributed by atoms with Crippen LogP contribution in [0.25, 0.3) is 0 Å². The zero-order chi connectivity index (χ0) is 17.4. The van der Waals surface area contributed by atoms with Crippen molar-refractivity contribution in [1.29, 1.82) is 0 Å². The standard InChI is InChI=1S/C18H17Cl2NO3/c1-10-16-14(22)4-3-5-15(16)24-17(10)18(23)21(2)9-11-6-7-12(19)13(20)8-11/h6-8H,3-5,9H2,1-2H3. The molecule has 0 radical (unpaired) electrons. The Morgan fingerprint density at radius 3 is 2.67 bits per heavy atom. The highest BCUT2D eigenvalue weighted by molar-refractivity contribution is 6.42. The molecule has 126 valence electrons. The molecule has 0 unspecified atom stereocenters. The molecule has 0 aliphatic heterocycles. The number of carbonyl (C=O) groups excluding carboxylic acids is 2. The highest BCUT2D eigenvalue weighted by Crippen LogP contribution is 2.30. The summed E-state index contributed by atoms with van der Waals surface area (Å²) in [5, 5.41) is 0.924. The van der Waals surface area contributed by atoms with Crippen molar-refractivity contribution in [2.24, 2.45) is 0 Å². The van der Waals surface area contributed by atoms with E-state index in [1.165, 1.54) is 0 Å². The van der Waals surface area contributed by atoms with E-state index in [-0.39, 0.29) is 17.5 Å². The predicted molar refractivity (Wildman–Crippen MR) is 93.0 cm³/mol. The molecule has 1 amide bonds. The van der Waals surface area contributed by atoms with Crippen LogP contribution in [-0.2, 0) is 13.0 Å². The van der Waals surface area contributed by atoms with Crippen LogP contribution in [0.3, 0.4) is 0 Å². The van der Waals surface area contributed by atoms with Crippen LogP contribution in [0, 0.1) is 6.92 Å². The van der Waals surface area contributed by atoms with Crippen molar-refractivity contribution >= 4 is 34.9 Å². The van der Waals surface area contributed by atoms with Gasteiger partial charge in [0.2, 0.25) is 0 Å². The smallest absolute Gasteiger partial charge is 0.289 e. The highest BCUT2D eigenvalue weighted by atomic mass is 35.5. The van der Waals surface area contributed by atoms with Crippen LogP contribution in [0.2, 0.25) is 10.0 Å². The number of amides is 1. The van der Waals surface area contributed by atoms with Gasteiger partial charge < -0.3 is 9.32 Å². The number of carbonyl (C=O) groups is 2. The molecule has 4 nitrogen and oxygen atoms in total. The van der Waals surface area contributed by atoms with Crippen molar-refractivity contribution in [3.8, 4) is 0 Å². The quantitative estimate of drug-likeness (QED) is 0.792. The van der Waals surface area contributed by atoms with Crippen molar-refractivity contribution in [2.45, 2.75) is 32.7 Å². The van der Waals surface area contributed by atoms with Gasteiger partial charge in [-0.05, 0) is 31.0 Å². The summed E-state index contributed by atoms with van der Waals surface area (Å²) in [6, 6.07) is 5.26. The van der Waals surface area contributed by atoms with Crippen LogP contribution in [-0.4, -0.2) is 23.6 Å². The summed E-state index contributed by atoms with van der Waals surface area (Å²) in [7, 11) is 1.69. The molecule has 2 aromatic rings. The average Bonchev–Trinajstić information content (AvgIpc) is 2.88. The zero-order valence-electron chi connectivity index (χ0n) is 13.5. The molecule has 1 aromatic carbocycles. The third-order valence-electron chi connectivity index (χ3n) is 4.25.